The normalized spacial score (nSPS) is 9.93. The molecule has 0 unspecified atom stereocenters. The van der Waals surface area contributed by atoms with E-state index in [0.29, 0.717) is 0 Å². The van der Waals surface area contributed by atoms with Gasteiger partial charge in [-0.15, -0.1) is 6.58 Å². The molecule has 0 saturated heterocycles. The third-order valence-electron chi connectivity index (χ3n) is 2.25. The average Bonchev–Trinajstić information content (AvgIpc) is 2.30. The van der Waals surface area contributed by atoms with E-state index in [4.69, 9.17) is 4.74 Å². The molecule has 0 radical (unpaired) electrons. The molecule has 1 aromatic carbocycles. The summed E-state index contributed by atoms with van der Waals surface area (Å²) in [5.41, 5.74) is 1.29. The standard InChI is InChI=1S/C13H19NO/c1-3-4-5-10-14-11-12-6-8-13(15-2)9-7-12/h3,6-9,14H,1,4-5,10-11H2,2H3. The number of benzene rings is 1. The maximum Gasteiger partial charge on any atom is 0.118 e. The first-order chi connectivity index (χ1) is 7.36. The minimum atomic E-state index is 0.908. The number of rotatable bonds is 7. The molecule has 0 atom stereocenters. The molecule has 0 aliphatic carbocycles. The zero-order chi connectivity index (χ0) is 10.9. The first-order valence-corrected chi connectivity index (χ1v) is 5.31. The van der Waals surface area contributed by atoms with Crippen molar-refractivity contribution in [3.8, 4) is 5.75 Å². The summed E-state index contributed by atoms with van der Waals surface area (Å²) < 4.78 is 5.10. The van der Waals surface area contributed by atoms with Crippen molar-refractivity contribution in [1.82, 2.24) is 5.32 Å². The van der Waals surface area contributed by atoms with E-state index in [9.17, 15) is 0 Å². The Morgan fingerprint density at radius 2 is 2.07 bits per heavy atom. The molecule has 82 valence electrons. The lowest BCUT2D eigenvalue weighted by atomic mass is 10.2. The monoisotopic (exact) mass is 205 g/mol. The molecule has 1 N–H and O–H groups in total. The van der Waals surface area contributed by atoms with Crippen molar-refractivity contribution < 1.29 is 4.74 Å². The Hall–Kier alpha value is -1.28. The van der Waals surface area contributed by atoms with Gasteiger partial charge in [-0.3, -0.25) is 0 Å². The van der Waals surface area contributed by atoms with E-state index in [2.05, 4.69) is 24.0 Å². The highest BCUT2D eigenvalue weighted by molar-refractivity contribution is 5.26. The fourth-order valence-corrected chi connectivity index (χ4v) is 1.35. The number of unbranched alkanes of at least 4 members (excludes halogenated alkanes) is 1. The second-order valence-corrected chi connectivity index (χ2v) is 3.46. The molecule has 0 amide bonds. The minimum absolute atomic E-state index is 0.908. The SMILES string of the molecule is C=CCCCNCc1ccc(OC)cc1. The molecule has 0 aliphatic heterocycles. The van der Waals surface area contributed by atoms with Gasteiger partial charge in [0.05, 0.1) is 7.11 Å². The first-order valence-electron chi connectivity index (χ1n) is 5.31. The van der Waals surface area contributed by atoms with E-state index in [1.807, 2.05) is 18.2 Å². The molecule has 1 rings (SSSR count). The largest absolute Gasteiger partial charge is 0.497 e. The number of nitrogens with one attached hydrogen (secondary N) is 1. The van der Waals surface area contributed by atoms with Gasteiger partial charge in [0.15, 0.2) is 0 Å². The zero-order valence-corrected chi connectivity index (χ0v) is 9.33. The van der Waals surface area contributed by atoms with E-state index in [1.54, 1.807) is 7.11 Å². The van der Waals surface area contributed by atoms with Crippen LogP contribution in [0.15, 0.2) is 36.9 Å². The Morgan fingerprint density at radius 3 is 2.67 bits per heavy atom. The maximum atomic E-state index is 5.10. The summed E-state index contributed by atoms with van der Waals surface area (Å²) in [7, 11) is 1.68. The molecule has 0 heterocycles. The fourth-order valence-electron chi connectivity index (χ4n) is 1.35. The Balaban J connectivity index is 2.22. The van der Waals surface area contributed by atoms with Crippen LogP contribution in [0.1, 0.15) is 18.4 Å². The lowest BCUT2D eigenvalue weighted by molar-refractivity contribution is 0.414. The van der Waals surface area contributed by atoms with E-state index in [1.165, 1.54) is 5.56 Å². The number of ether oxygens (including phenoxy) is 1. The van der Waals surface area contributed by atoms with Crippen LogP contribution in [0.2, 0.25) is 0 Å². The van der Waals surface area contributed by atoms with Gasteiger partial charge < -0.3 is 10.1 Å². The zero-order valence-electron chi connectivity index (χ0n) is 9.33. The second-order valence-electron chi connectivity index (χ2n) is 3.46. The lowest BCUT2D eigenvalue weighted by Gasteiger charge is -2.05. The molecular weight excluding hydrogens is 186 g/mol. The molecular formula is C13H19NO. The smallest absolute Gasteiger partial charge is 0.118 e. The maximum absolute atomic E-state index is 5.10. The van der Waals surface area contributed by atoms with Crippen LogP contribution in [-0.2, 0) is 6.54 Å². The van der Waals surface area contributed by atoms with Crippen molar-refractivity contribution in [3.63, 3.8) is 0 Å². The first kappa shape index (κ1) is 11.8. The van der Waals surface area contributed by atoms with Gasteiger partial charge in [0.25, 0.3) is 0 Å². The van der Waals surface area contributed by atoms with Crippen molar-refractivity contribution in [2.75, 3.05) is 13.7 Å². The van der Waals surface area contributed by atoms with Crippen molar-refractivity contribution in [3.05, 3.63) is 42.5 Å². The summed E-state index contributed by atoms with van der Waals surface area (Å²) in [6, 6.07) is 8.14. The molecule has 0 saturated carbocycles. The van der Waals surface area contributed by atoms with E-state index in [-0.39, 0.29) is 0 Å². The van der Waals surface area contributed by atoms with E-state index in [0.717, 1.165) is 31.7 Å². The highest BCUT2D eigenvalue weighted by Crippen LogP contribution is 2.10. The quantitative estimate of drug-likeness (QED) is 0.546. The highest BCUT2D eigenvalue weighted by Gasteiger charge is 1.93. The summed E-state index contributed by atoms with van der Waals surface area (Å²) in [6.07, 6.45) is 4.18. The Morgan fingerprint density at radius 1 is 1.33 bits per heavy atom. The number of hydrogen-bond acceptors (Lipinski definition) is 2. The molecule has 0 aliphatic rings. The van der Waals surface area contributed by atoms with Gasteiger partial charge in [-0.05, 0) is 37.1 Å². The van der Waals surface area contributed by atoms with Crippen molar-refractivity contribution in [2.45, 2.75) is 19.4 Å². The third-order valence-corrected chi connectivity index (χ3v) is 2.25. The van der Waals surface area contributed by atoms with Gasteiger partial charge >= 0.3 is 0 Å². The van der Waals surface area contributed by atoms with Gasteiger partial charge in [0.2, 0.25) is 0 Å². The van der Waals surface area contributed by atoms with Gasteiger partial charge in [0.1, 0.15) is 5.75 Å². The summed E-state index contributed by atoms with van der Waals surface area (Å²) in [6.45, 7) is 5.65. The molecule has 2 heteroatoms. The van der Waals surface area contributed by atoms with Gasteiger partial charge in [-0.1, -0.05) is 18.2 Å². The van der Waals surface area contributed by atoms with Crippen LogP contribution >= 0.6 is 0 Å². The molecule has 0 bridgehead atoms. The van der Waals surface area contributed by atoms with E-state index < -0.39 is 0 Å². The predicted molar refractivity (Wildman–Crippen MR) is 64.1 cm³/mol. The summed E-state index contributed by atoms with van der Waals surface area (Å²) in [4.78, 5) is 0. The number of methoxy groups -OCH3 is 1. The van der Waals surface area contributed by atoms with Gasteiger partial charge in [-0.2, -0.15) is 0 Å². The van der Waals surface area contributed by atoms with Gasteiger partial charge in [0, 0.05) is 6.54 Å². The van der Waals surface area contributed by atoms with Crippen molar-refractivity contribution in [2.24, 2.45) is 0 Å². The van der Waals surface area contributed by atoms with Crippen LogP contribution in [0, 0.1) is 0 Å². The molecule has 0 spiro atoms. The second kappa shape index (κ2) is 7.07. The Bertz CT molecular complexity index is 279. The van der Waals surface area contributed by atoms with Crippen LogP contribution in [-0.4, -0.2) is 13.7 Å². The third kappa shape index (κ3) is 4.66. The van der Waals surface area contributed by atoms with Crippen molar-refractivity contribution >= 4 is 0 Å². The molecule has 0 fully saturated rings. The topological polar surface area (TPSA) is 21.3 Å². The van der Waals surface area contributed by atoms with Crippen LogP contribution in [0.4, 0.5) is 0 Å². The average molecular weight is 205 g/mol. The predicted octanol–water partition coefficient (Wildman–Crippen LogP) is 2.75. The number of allylic oxidation sites excluding steroid dienone is 1. The van der Waals surface area contributed by atoms with Crippen molar-refractivity contribution in [1.29, 1.82) is 0 Å². The summed E-state index contributed by atoms with van der Waals surface area (Å²) >= 11 is 0. The molecule has 15 heavy (non-hydrogen) atoms. The van der Waals surface area contributed by atoms with Crippen LogP contribution in [0.3, 0.4) is 0 Å². The van der Waals surface area contributed by atoms with Crippen LogP contribution in [0.5, 0.6) is 5.75 Å². The molecule has 2 nitrogen and oxygen atoms in total. The molecule has 0 aromatic heterocycles. The summed E-state index contributed by atoms with van der Waals surface area (Å²) in [5, 5.41) is 3.39. The Labute approximate surface area is 92.0 Å². The van der Waals surface area contributed by atoms with E-state index >= 15 is 0 Å². The van der Waals surface area contributed by atoms with Crippen LogP contribution in [0.25, 0.3) is 0 Å². The Kier molecular flexibility index (Phi) is 5.56. The number of hydrogen-bond donors (Lipinski definition) is 1. The minimum Gasteiger partial charge on any atom is -0.497 e. The highest BCUT2D eigenvalue weighted by atomic mass is 16.5. The van der Waals surface area contributed by atoms with Gasteiger partial charge in [-0.25, -0.2) is 0 Å². The molecule has 1 aromatic rings. The van der Waals surface area contributed by atoms with Crippen LogP contribution < -0.4 is 10.1 Å². The fraction of sp³-hybridized carbons (Fsp3) is 0.385. The lowest BCUT2D eigenvalue weighted by Crippen LogP contribution is -2.14. The summed E-state index contributed by atoms with van der Waals surface area (Å²) in [5.74, 6) is 0.908.